The van der Waals surface area contributed by atoms with Gasteiger partial charge in [-0.15, -0.1) is 0 Å². The lowest BCUT2D eigenvalue weighted by Crippen LogP contribution is -2.54. The number of aliphatic imine (C=N–C) groups is 1. The smallest absolute Gasteiger partial charge is 0.407 e. The number of carbonyl (C=O) groups excluding carboxylic acids is 4. The second kappa shape index (κ2) is 17.9. The number of alkyl carbamates (subject to hydrolysis) is 2. The molecule has 2 aliphatic heterocycles. The predicted molar refractivity (Wildman–Crippen MR) is 191 cm³/mol. The van der Waals surface area contributed by atoms with Gasteiger partial charge in [-0.3, -0.25) is 14.6 Å². The van der Waals surface area contributed by atoms with E-state index in [0.717, 1.165) is 12.8 Å². The van der Waals surface area contributed by atoms with Gasteiger partial charge in [0, 0.05) is 19.0 Å². The summed E-state index contributed by atoms with van der Waals surface area (Å²) in [7, 11) is 2.52. The van der Waals surface area contributed by atoms with Crippen LogP contribution in [0.1, 0.15) is 82.5 Å². The van der Waals surface area contributed by atoms with Crippen LogP contribution in [-0.2, 0) is 19.1 Å². The molecule has 0 spiro atoms. The molecule has 0 saturated carbocycles. The van der Waals surface area contributed by atoms with E-state index in [2.05, 4.69) is 49.3 Å². The Labute approximate surface area is 299 Å². The molecule has 2 aliphatic rings. The number of rotatable bonds is 10. The molecule has 14 heteroatoms. The van der Waals surface area contributed by atoms with Crippen LogP contribution in [0.5, 0.6) is 0 Å². The van der Waals surface area contributed by atoms with Crippen LogP contribution >= 0.6 is 0 Å². The molecule has 1 aromatic heterocycles. The van der Waals surface area contributed by atoms with Crippen molar-refractivity contribution in [3.63, 3.8) is 0 Å². The summed E-state index contributed by atoms with van der Waals surface area (Å²) < 4.78 is 9.48. The lowest BCUT2D eigenvalue weighted by molar-refractivity contribution is -0.135. The highest BCUT2D eigenvalue weighted by molar-refractivity contribution is 5.93. The number of benzene rings is 1. The second-order valence-corrected chi connectivity index (χ2v) is 13.0. The van der Waals surface area contributed by atoms with Crippen LogP contribution < -0.4 is 16.4 Å². The summed E-state index contributed by atoms with van der Waals surface area (Å²) in [5, 5.41) is 5.30. The number of aromatic amines is 1. The van der Waals surface area contributed by atoms with Gasteiger partial charge in [-0.2, -0.15) is 0 Å². The van der Waals surface area contributed by atoms with Crippen LogP contribution in [0.25, 0.3) is 0 Å². The topological polar surface area (TPSA) is 184 Å². The van der Waals surface area contributed by atoms with Gasteiger partial charge in [0.05, 0.1) is 38.5 Å². The third-order valence-corrected chi connectivity index (χ3v) is 9.18. The monoisotopic (exact) mass is 700 g/mol. The number of nitrogens with one attached hydrogen (secondary N) is 3. The highest BCUT2D eigenvalue weighted by atomic mass is 16.5. The predicted octanol–water partition coefficient (Wildman–Crippen LogP) is 3.28. The van der Waals surface area contributed by atoms with E-state index < -0.39 is 24.3 Å². The van der Waals surface area contributed by atoms with Crippen molar-refractivity contribution in [1.82, 2.24) is 30.4 Å². The lowest BCUT2D eigenvalue weighted by atomic mass is 10.0. The molecule has 51 heavy (non-hydrogen) atoms. The summed E-state index contributed by atoms with van der Waals surface area (Å²) in [5.41, 5.74) is 7.65. The van der Waals surface area contributed by atoms with Gasteiger partial charge in [-0.1, -0.05) is 50.1 Å². The largest absolute Gasteiger partial charge is 0.453 e. The Morgan fingerprint density at radius 2 is 1.61 bits per heavy atom. The summed E-state index contributed by atoms with van der Waals surface area (Å²) in [6.07, 6.45) is 3.21. The van der Waals surface area contributed by atoms with Crippen LogP contribution in [0.2, 0.25) is 0 Å². The minimum Gasteiger partial charge on any atom is -0.453 e. The van der Waals surface area contributed by atoms with Gasteiger partial charge < -0.3 is 40.6 Å². The number of nitrogens with zero attached hydrogens (tertiary/aromatic N) is 4. The van der Waals surface area contributed by atoms with Crippen LogP contribution in [0.15, 0.2) is 41.5 Å². The van der Waals surface area contributed by atoms with Gasteiger partial charge in [0.15, 0.2) is 0 Å². The normalized spacial score (nSPS) is 19.5. The number of hydrogen-bond donors (Lipinski definition) is 4. The quantitative estimate of drug-likeness (QED) is 0.165. The Kier molecular flexibility index (Phi) is 13.5. The summed E-state index contributed by atoms with van der Waals surface area (Å²) in [6, 6.07) is 6.47. The molecule has 4 rings (SSSR count). The Morgan fingerprint density at radius 3 is 2.29 bits per heavy atom. The number of likely N-dealkylation sites (tertiary alicyclic amines) is 2. The van der Waals surface area contributed by atoms with E-state index in [1.165, 1.54) is 14.2 Å². The summed E-state index contributed by atoms with van der Waals surface area (Å²) >= 11 is 0. The van der Waals surface area contributed by atoms with Crippen molar-refractivity contribution < 1.29 is 28.7 Å². The number of methoxy groups -OCH3 is 2. The van der Waals surface area contributed by atoms with E-state index in [9.17, 15) is 19.2 Å². The fraction of sp³-hybridized carbons (Fsp3) is 0.514. The van der Waals surface area contributed by atoms with Gasteiger partial charge in [0.2, 0.25) is 5.91 Å². The van der Waals surface area contributed by atoms with E-state index in [1.54, 1.807) is 28.1 Å². The van der Waals surface area contributed by atoms with Gasteiger partial charge >= 0.3 is 12.2 Å². The zero-order chi connectivity index (χ0) is 37.1. The SMILES string of the molecule is COC(=O)N[C@H](C(=O)N1CCC[C@H]1/C(N)=N/C(C)[C@@H](C)C#CC#Cc1cnc([C@@H]2CCCN2C(=O)[C@H](NC(=O)OC)c2ccccc2)[nH]1)C(C)C. The van der Waals surface area contributed by atoms with E-state index in [-0.39, 0.29) is 41.8 Å². The summed E-state index contributed by atoms with van der Waals surface area (Å²) in [5.74, 6) is 12.0. The Hall–Kier alpha value is -5.50. The highest BCUT2D eigenvalue weighted by Crippen LogP contribution is 2.33. The van der Waals surface area contributed by atoms with Crippen LogP contribution in [-0.4, -0.2) is 95.0 Å². The number of ether oxygens (including phenoxy) is 2. The van der Waals surface area contributed by atoms with Crippen molar-refractivity contribution in [2.45, 2.75) is 83.6 Å². The van der Waals surface area contributed by atoms with E-state index in [1.807, 2.05) is 45.9 Å². The first-order valence-electron chi connectivity index (χ1n) is 17.2. The van der Waals surface area contributed by atoms with Gasteiger partial charge in [0.1, 0.15) is 29.4 Å². The number of H-pyrrole nitrogens is 1. The standard InChI is InChI=1S/C37H48N8O6/c1-23(2)30(42-36(48)50-5)34(46)44-20-12-18-28(44)32(38)40-25(4)24(3)14-10-11-17-27-22-39-33(41-27)29-19-13-21-45(29)35(47)31(43-37(49)51-6)26-15-8-7-9-16-26/h7-9,15-16,22-25,28-31H,12-13,18-21H2,1-6H3,(H2,38,40)(H,39,41)(H,42,48)(H,43,49)/t24-,25?,28-,29-,30-,31+/m0/s1. The number of nitrogens with two attached hydrogens (primary N) is 1. The molecule has 5 N–H and O–H groups in total. The first kappa shape index (κ1) is 38.3. The summed E-state index contributed by atoms with van der Waals surface area (Å²) in [6.45, 7) is 8.61. The lowest BCUT2D eigenvalue weighted by Gasteiger charge is -2.30. The maximum atomic E-state index is 13.7. The Bertz CT molecular complexity index is 1700. The maximum Gasteiger partial charge on any atom is 0.407 e. The molecule has 14 nitrogen and oxygen atoms in total. The molecule has 0 aliphatic carbocycles. The average molecular weight is 701 g/mol. The zero-order valence-corrected chi connectivity index (χ0v) is 30.1. The first-order valence-corrected chi connectivity index (χ1v) is 17.2. The molecule has 0 bridgehead atoms. The van der Waals surface area contributed by atoms with E-state index in [4.69, 9.17) is 15.2 Å². The van der Waals surface area contributed by atoms with Crippen molar-refractivity contribution >= 4 is 29.8 Å². The van der Waals surface area contributed by atoms with E-state index >= 15 is 0 Å². The number of hydrogen-bond acceptors (Lipinski definition) is 8. The van der Waals surface area contributed by atoms with Gasteiger partial charge in [-0.25, -0.2) is 14.6 Å². The third-order valence-electron chi connectivity index (χ3n) is 9.18. The van der Waals surface area contributed by atoms with Gasteiger partial charge in [0.25, 0.3) is 5.91 Å². The zero-order valence-electron chi connectivity index (χ0n) is 30.1. The average Bonchev–Trinajstić information content (AvgIpc) is 3.92. The molecule has 272 valence electrons. The third kappa shape index (κ3) is 9.81. The van der Waals surface area contributed by atoms with Crippen molar-refractivity contribution in [3.8, 4) is 23.7 Å². The number of amidine groups is 1. The second-order valence-electron chi connectivity index (χ2n) is 13.0. The number of aromatic nitrogens is 2. The van der Waals surface area contributed by atoms with Crippen LogP contribution in [0, 0.1) is 35.5 Å². The molecule has 1 unspecified atom stereocenters. The summed E-state index contributed by atoms with van der Waals surface area (Å²) in [4.78, 5) is 66.9. The first-order chi connectivity index (χ1) is 24.4. The Balaban J connectivity index is 1.39. The maximum absolute atomic E-state index is 13.7. The molecule has 2 aromatic rings. The van der Waals surface area contributed by atoms with Crippen molar-refractivity contribution in [2.75, 3.05) is 27.3 Å². The fourth-order valence-electron chi connectivity index (χ4n) is 6.18. The molecular formula is C37H48N8O6. The van der Waals surface area contributed by atoms with Crippen molar-refractivity contribution in [1.29, 1.82) is 0 Å². The molecular weight excluding hydrogens is 652 g/mol. The minimum absolute atomic E-state index is 0.143. The molecule has 0 radical (unpaired) electrons. The molecule has 2 saturated heterocycles. The van der Waals surface area contributed by atoms with E-state index in [0.29, 0.717) is 48.8 Å². The van der Waals surface area contributed by atoms with Crippen molar-refractivity contribution in [2.24, 2.45) is 22.6 Å². The fourth-order valence-corrected chi connectivity index (χ4v) is 6.18. The van der Waals surface area contributed by atoms with Crippen LogP contribution in [0.4, 0.5) is 9.59 Å². The molecule has 4 amide bonds. The molecule has 3 heterocycles. The van der Waals surface area contributed by atoms with Crippen molar-refractivity contribution in [3.05, 3.63) is 53.6 Å². The Morgan fingerprint density at radius 1 is 0.941 bits per heavy atom. The minimum atomic E-state index is -0.903. The van der Waals surface area contributed by atoms with Crippen LogP contribution in [0.3, 0.4) is 0 Å². The van der Waals surface area contributed by atoms with Gasteiger partial charge in [-0.05, 0) is 68.8 Å². The number of carbonyl (C=O) groups is 4. The number of amides is 4. The molecule has 6 atom stereocenters. The highest BCUT2D eigenvalue weighted by Gasteiger charge is 2.38. The number of imidazole rings is 1. The molecule has 2 fully saturated rings. The molecule has 1 aromatic carbocycles.